The Labute approximate surface area is 404 Å². The van der Waals surface area contributed by atoms with Crippen molar-refractivity contribution in [1.29, 1.82) is 0 Å². The summed E-state index contributed by atoms with van der Waals surface area (Å²) in [6, 6.07) is 0. The van der Waals surface area contributed by atoms with Crippen molar-refractivity contribution >= 4 is 17.9 Å². The van der Waals surface area contributed by atoms with E-state index in [1.807, 2.05) is 0 Å². The Morgan fingerprint density at radius 1 is 0.262 bits per heavy atom. The van der Waals surface area contributed by atoms with Crippen molar-refractivity contribution < 1.29 is 34.8 Å². The molecule has 0 aliphatic rings. The van der Waals surface area contributed by atoms with Crippen molar-refractivity contribution in [3.8, 4) is 0 Å². The van der Waals surface area contributed by atoms with Crippen LogP contribution in [-0.4, -0.2) is 44.9 Å². The number of aliphatic hydroxyl groups excluding tert-OH is 1. The fourth-order valence-corrected chi connectivity index (χ4v) is 7.20. The third kappa shape index (κ3) is 85.5. The SMILES string of the molecule is CCCCCCCCC=CCCCCCCCC(=O)O.CCCCCCCCC=CCCCCCCCC(=O)O.CCCCCCCCC=CCCCCCCCC(=O)O.CCCCO. The topological polar surface area (TPSA) is 132 Å². The summed E-state index contributed by atoms with van der Waals surface area (Å²) in [5.41, 5.74) is 0. The van der Waals surface area contributed by atoms with Gasteiger partial charge in [0.15, 0.2) is 0 Å². The molecule has 65 heavy (non-hydrogen) atoms. The molecule has 0 unspecified atom stereocenters. The highest BCUT2D eigenvalue weighted by molar-refractivity contribution is 5.67. The third-order valence-corrected chi connectivity index (χ3v) is 11.5. The van der Waals surface area contributed by atoms with Crippen molar-refractivity contribution in [2.75, 3.05) is 6.61 Å². The molecule has 4 N–H and O–H groups in total. The average Bonchev–Trinajstić information content (AvgIpc) is 3.28. The minimum Gasteiger partial charge on any atom is -0.481 e. The number of allylic oxidation sites excluding steroid dienone is 6. The molecule has 0 saturated heterocycles. The van der Waals surface area contributed by atoms with Crippen molar-refractivity contribution in [3.05, 3.63) is 36.5 Å². The molecule has 0 bridgehead atoms. The van der Waals surface area contributed by atoms with Crippen LogP contribution in [0.25, 0.3) is 0 Å². The number of unbranched alkanes of at least 4 members (excludes halogenated alkanes) is 34. The van der Waals surface area contributed by atoms with Crippen molar-refractivity contribution in [3.63, 3.8) is 0 Å². The van der Waals surface area contributed by atoms with Crippen LogP contribution < -0.4 is 0 Å². The summed E-state index contributed by atoms with van der Waals surface area (Å²) in [5, 5.41) is 33.6. The molecule has 0 aromatic carbocycles. The Bertz CT molecular complexity index is 868. The molecule has 0 heterocycles. The van der Waals surface area contributed by atoms with Gasteiger partial charge in [0, 0.05) is 25.9 Å². The molecule has 0 saturated carbocycles. The summed E-state index contributed by atoms with van der Waals surface area (Å²) in [4.78, 5) is 31.0. The van der Waals surface area contributed by atoms with E-state index in [1.165, 1.54) is 212 Å². The number of carboxylic acids is 3. The van der Waals surface area contributed by atoms with E-state index in [4.69, 9.17) is 20.4 Å². The number of rotatable bonds is 47. The molecule has 0 aliphatic carbocycles. The van der Waals surface area contributed by atoms with E-state index in [2.05, 4.69) is 64.2 Å². The summed E-state index contributed by atoms with van der Waals surface area (Å²) in [6.07, 6.45) is 65.8. The number of carboxylic acid groups (broad SMARTS) is 3. The predicted molar refractivity (Wildman–Crippen MR) is 283 cm³/mol. The minimum atomic E-state index is -0.664. The Kier molecular flexibility index (Phi) is 72.5. The van der Waals surface area contributed by atoms with Gasteiger partial charge in [0.05, 0.1) is 0 Å². The number of hydrogen-bond acceptors (Lipinski definition) is 4. The zero-order valence-electron chi connectivity index (χ0n) is 43.8. The van der Waals surface area contributed by atoms with Gasteiger partial charge in [-0.2, -0.15) is 0 Å². The van der Waals surface area contributed by atoms with E-state index in [0.717, 1.165) is 51.4 Å². The average molecular weight is 922 g/mol. The molecule has 386 valence electrons. The fourth-order valence-electron chi connectivity index (χ4n) is 7.20. The Hall–Kier alpha value is -2.41. The lowest BCUT2D eigenvalue weighted by Crippen LogP contribution is -1.93. The molecule has 0 radical (unpaired) electrons. The van der Waals surface area contributed by atoms with Gasteiger partial charge in [0.2, 0.25) is 0 Å². The van der Waals surface area contributed by atoms with Gasteiger partial charge in [0.25, 0.3) is 0 Å². The molecule has 7 nitrogen and oxygen atoms in total. The molecular formula is C58H112O7. The number of carbonyl (C=O) groups is 3. The molecule has 0 aromatic heterocycles. The van der Waals surface area contributed by atoms with Gasteiger partial charge in [-0.25, -0.2) is 0 Å². The lowest BCUT2D eigenvalue weighted by Gasteiger charge is -1.99. The van der Waals surface area contributed by atoms with Gasteiger partial charge >= 0.3 is 17.9 Å². The van der Waals surface area contributed by atoms with Crippen LogP contribution in [0.3, 0.4) is 0 Å². The van der Waals surface area contributed by atoms with Crippen LogP contribution in [0.2, 0.25) is 0 Å². The normalized spacial score (nSPS) is 11.0. The van der Waals surface area contributed by atoms with Crippen LogP contribution in [0.1, 0.15) is 310 Å². The molecule has 0 aliphatic heterocycles. The van der Waals surface area contributed by atoms with E-state index in [0.29, 0.717) is 25.9 Å². The van der Waals surface area contributed by atoms with Crippen LogP contribution in [0, 0.1) is 0 Å². The highest BCUT2D eigenvalue weighted by atomic mass is 16.4. The molecule has 0 atom stereocenters. The van der Waals surface area contributed by atoms with E-state index in [-0.39, 0.29) is 0 Å². The van der Waals surface area contributed by atoms with Crippen molar-refractivity contribution in [1.82, 2.24) is 0 Å². The molecular weight excluding hydrogens is 809 g/mol. The second kappa shape index (κ2) is 68.2. The van der Waals surface area contributed by atoms with Crippen LogP contribution in [0.15, 0.2) is 36.5 Å². The first-order valence-electron chi connectivity index (χ1n) is 27.9. The van der Waals surface area contributed by atoms with Gasteiger partial charge in [-0.05, 0) is 103 Å². The van der Waals surface area contributed by atoms with E-state index >= 15 is 0 Å². The molecule has 0 aromatic rings. The summed E-state index contributed by atoms with van der Waals surface area (Å²) >= 11 is 0. The first kappa shape index (κ1) is 69.2. The molecule has 0 amide bonds. The van der Waals surface area contributed by atoms with Crippen molar-refractivity contribution in [2.45, 2.75) is 310 Å². The maximum atomic E-state index is 10.3. The smallest absolute Gasteiger partial charge is 0.303 e. The maximum Gasteiger partial charge on any atom is 0.303 e. The van der Waals surface area contributed by atoms with E-state index in [9.17, 15) is 14.4 Å². The Balaban J connectivity index is -0.000000407. The van der Waals surface area contributed by atoms with Gasteiger partial charge in [0.1, 0.15) is 0 Å². The lowest BCUT2D eigenvalue weighted by molar-refractivity contribution is -0.138. The van der Waals surface area contributed by atoms with Crippen LogP contribution >= 0.6 is 0 Å². The second-order valence-corrected chi connectivity index (χ2v) is 18.3. The van der Waals surface area contributed by atoms with Crippen LogP contribution in [-0.2, 0) is 14.4 Å². The summed E-state index contributed by atoms with van der Waals surface area (Å²) in [6.45, 7) is 9.17. The number of hydrogen-bond donors (Lipinski definition) is 4. The van der Waals surface area contributed by atoms with E-state index in [1.54, 1.807) is 0 Å². The first-order valence-corrected chi connectivity index (χ1v) is 27.9. The van der Waals surface area contributed by atoms with E-state index < -0.39 is 17.9 Å². The number of aliphatic hydroxyl groups is 1. The largest absolute Gasteiger partial charge is 0.481 e. The van der Waals surface area contributed by atoms with Crippen molar-refractivity contribution in [2.24, 2.45) is 0 Å². The van der Waals surface area contributed by atoms with Gasteiger partial charge in [-0.15, -0.1) is 0 Å². The summed E-state index contributed by atoms with van der Waals surface area (Å²) < 4.78 is 0. The Morgan fingerprint density at radius 2 is 0.431 bits per heavy atom. The zero-order chi connectivity index (χ0) is 48.8. The second-order valence-electron chi connectivity index (χ2n) is 18.3. The molecule has 7 heteroatoms. The first-order chi connectivity index (χ1) is 31.7. The molecule has 0 rings (SSSR count). The summed E-state index contributed by atoms with van der Waals surface area (Å²) in [5.74, 6) is -1.99. The van der Waals surface area contributed by atoms with Gasteiger partial charge in [-0.1, -0.05) is 225 Å². The lowest BCUT2D eigenvalue weighted by atomic mass is 10.1. The molecule has 0 spiro atoms. The van der Waals surface area contributed by atoms with Gasteiger partial charge < -0.3 is 20.4 Å². The quantitative estimate of drug-likeness (QED) is 0.0353. The highest BCUT2D eigenvalue weighted by Crippen LogP contribution is 2.13. The number of aliphatic carboxylic acids is 3. The van der Waals surface area contributed by atoms with Gasteiger partial charge in [-0.3, -0.25) is 14.4 Å². The van der Waals surface area contributed by atoms with Crippen LogP contribution in [0.5, 0.6) is 0 Å². The summed E-state index contributed by atoms with van der Waals surface area (Å²) in [7, 11) is 0. The van der Waals surface area contributed by atoms with Crippen LogP contribution in [0.4, 0.5) is 0 Å². The minimum absolute atomic E-state index is 0.332. The monoisotopic (exact) mass is 921 g/mol. The maximum absolute atomic E-state index is 10.3. The Morgan fingerprint density at radius 3 is 0.585 bits per heavy atom. The predicted octanol–water partition coefficient (Wildman–Crippen LogP) is 19.1. The zero-order valence-corrected chi connectivity index (χ0v) is 43.8. The standard InChI is InChI=1S/3C18H34O2.C4H10O/c3*1-2-3-4-5-6-7-8-9-10-11-12-13-14-15-16-17-18(19)20;1-2-3-4-5/h3*9-10H,2-8,11-17H2,1H3,(H,19,20);5H,2-4H2,1H3. The molecule has 0 fully saturated rings. The highest BCUT2D eigenvalue weighted by Gasteiger charge is 1.98. The third-order valence-electron chi connectivity index (χ3n) is 11.5. The fraction of sp³-hybridized carbons (Fsp3) is 0.845.